The lowest BCUT2D eigenvalue weighted by molar-refractivity contribution is -0.235. The van der Waals surface area contributed by atoms with Crippen LogP contribution in [0.4, 0.5) is 10.2 Å². The van der Waals surface area contributed by atoms with Crippen LogP contribution in [0, 0.1) is 0 Å². The molecule has 1 aliphatic heterocycles. The Kier molecular flexibility index (Phi) is 2.83. The van der Waals surface area contributed by atoms with Crippen molar-refractivity contribution < 1.29 is 24.4 Å². The fourth-order valence-corrected chi connectivity index (χ4v) is 2.19. The smallest absolute Gasteiger partial charge is 0.325 e. The number of anilines is 1. The molecule has 0 bridgehead atoms. The van der Waals surface area contributed by atoms with Crippen molar-refractivity contribution in [2.75, 3.05) is 12.3 Å². The molecule has 0 saturated carbocycles. The average molecular weight is 285 g/mol. The number of aliphatic hydroxyl groups is 3. The predicted molar refractivity (Wildman–Crippen MR) is 62.8 cm³/mol. The molecule has 5 N–H and O–H groups in total. The lowest BCUT2D eigenvalue weighted by Gasteiger charge is -2.24. The Hall–Kier alpha value is -1.88. The molecular formula is C10H12FN5O4. The number of aromatic nitrogens is 4. The molecule has 0 radical (unpaired) electrons. The molecule has 0 aromatic carbocycles. The first kappa shape index (κ1) is 13.1. The maximum atomic E-state index is 14.9. The van der Waals surface area contributed by atoms with Gasteiger partial charge in [-0.15, -0.1) is 0 Å². The standard InChI is InChI=1S/C10H12FN5O4/c11-10(7(19)6(18)4(1-17)20-10)16-3-15-5-8(12)13-2-14-9(5)16/h2-4,6-7,17-19H,1H2,(H2,12,13,14)/t4-,6-,7-,10+/m1/s1. The number of halogens is 1. The van der Waals surface area contributed by atoms with E-state index in [1.54, 1.807) is 0 Å². The van der Waals surface area contributed by atoms with Gasteiger partial charge in [0.05, 0.1) is 6.61 Å². The van der Waals surface area contributed by atoms with Gasteiger partial charge in [0.1, 0.15) is 30.4 Å². The van der Waals surface area contributed by atoms with E-state index in [-0.39, 0.29) is 17.0 Å². The topological polar surface area (TPSA) is 140 Å². The van der Waals surface area contributed by atoms with Crippen LogP contribution in [-0.2, 0) is 10.7 Å². The number of nitrogen functional groups attached to an aromatic ring is 1. The molecule has 3 heterocycles. The average Bonchev–Trinajstić information content (AvgIpc) is 2.96. The lowest BCUT2D eigenvalue weighted by atomic mass is 10.1. The van der Waals surface area contributed by atoms with E-state index < -0.39 is 30.9 Å². The molecule has 0 aliphatic carbocycles. The maximum Gasteiger partial charge on any atom is 0.325 e. The number of aliphatic hydroxyl groups excluding tert-OH is 3. The van der Waals surface area contributed by atoms with Crippen molar-refractivity contribution in [3.8, 4) is 0 Å². The number of ether oxygens (including phenoxy) is 1. The lowest BCUT2D eigenvalue weighted by Crippen LogP contribution is -2.41. The first-order valence-corrected chi connectivity index (χ1v) is 5.76. The van der Waals surface area contributed by atoms with Crippen molar-refractivity contribution in [2.24, 2.45) is 0 Å². The third-order valence-electron chi connectivity index (χ3n) is 3.26. The molecule has 2 aromatic rings. The zero-order valence-electron chi connectivity index (χ0n) is 10.1. The normalized spacial score (nSPS) is 33.9. The van der Waals surface area contributed by atoms with Gasteiger partial charge in [-0.3, -0.25) is 4.57 Å². The number of rotatable bonds is 2. The fourth-order valence-electron chi connectivity index (χ4n) is 2.19. The molecule has 0 unspecified atom stereocenters. The summed E-state index contributed by atoms with van der Waals surface area (Å²) < 4.78 is 20.6. The second-order valence-electron chi connectivity index (χ2n) is 4.43. The number of hydrogen-bond donors (Lipinski definition) is 4. The number of nitrogens with two attached hydrogens (primary N) is 1. The van der Waals surface area contributed by atoms with Crippen molar-refractivity contribution in [3.05, 3.63) is 12.7 Å². The van der Waals surface area contributed by atoms with Gasteiger partial charge in [-0.2, -0.15) is 4.39 Å². The molecule has 1 aliphatic rings. The van der Waals surface area contributed by atoms with Crippen molar-refractivity contribution in [3.63, 3.8) is 0 Å². The second kappa shape index (κ2) is 4.31. The quantitative estimate of drug-likeness (QED) is 0.501. The van der Waals surface area contributed by atoms with Gasteiger partial charge in [-0.05, 0) is 0 Å². The summed E-state index contributed by atoms with van der Waals surface area (Å²) in [6.07, 6.45) is -2.60. The molecule has 20 heavy (non-hydrogen) atoms. The predicted octanol–water partition coefficient (Wildman–Crippen LogP) is -1.90. The molecule has 0 amide bonds. The number of hydrogen-bond acceptors (Lipinski definition) is 8. The minimum Gasteiger partial charge on any atom is -0.394 e. The molecule has 1 fully saturated rings. The van der Waals surface area contributed by atoms with Crippen molar-refractivity contribution in [2.45, 2.75) is 24.3 Å². The van der Waals surface area contributed by atoms with Gasteiger partial charge in [0.2, 0.25) is 0 Å². The molecule has 2 aromatic heterocycles. The van der Waals surface area contributed by atoms with Crippen LogP contribution in [0.15, 0.2) is 12.7 Å². The molecular weight excluding hydrogens is 273 g/mol. The van der Waals surface area contributed by atoms with Crippen molar-refractivity contribution >= 4 is 17.0 Å². The molecule has 108 valence electrons. The van der Waals surface area contributed by atoms with Gasteiger partial charge in [-0.25, -0.2) is 15.0 Å². The monoisotopic (exact) mass is 285 g/mol. The Morgan fingerprint density at radius 3 is 2.80 bits per heavy atom. The molecule has 3 rings (SSSR count). The Bertz CT molecular complexity index is 652. The number of fused-ring (bicyclic) bond motifs is 1. The Balaban J connectivity index is 2.13. The number of nitrogens with zero attached hydrogens (tertiary/aromatic N) is 4. The molecule has 4 atom stereocenters. The van der Waals surface area contributed by atoms with E-state index in [9.17, 15) is 14.6 Å². The van der Waals surface area contributed by atoms with Crippen LogP contribution >= 0.6 is 0 Å². The summed E-state index contributed by atoms with van der Waals surface area (Å²) in [5, 5.41) is 28.5. The highest BCUT2D eigenvalue weighted by Crippen LogP contribution is 2.38. The summed E-state index contributed by atoms with van der Waals surface area (Å²) in [4.78, 5) is 11.4. The largest absolute Gasteiger partial charge is 0.394 e. The van der Waals surface area contributed by atoms with E-state index in [1.807, 2.05) is 0 Å². The van der Waals surface area contributed by atoms with Gasteiger partial charge in [0, 0.05) is 0 Å². The third-order valence-corrected chi connectivity index (χ3v) is 3.26. The van der Waals surface area contributed by atoms with Crippen LogP contribution in [-0.4, -0.2) is 59.8 Å². The summed E-state index contributed by atoms with van der Waals surface area (Å²) in [7, 11) is 0. The van der Waals surface area contributed by atoms with Gasteiger partial charge < -0.3 is 25.8 Å². The second-order valence-corrected chi connectivity index (χ2v) is 4.43. The third kappa shape index (κ3) is 1.59. The van der Waals surface area contributed by atoms with Gasteiger partial charge in [0.15, 0.2) is 17.6 Å². The van der Waals surface area contributed by atoms with E-state index in [0.29, 0.717) is 0 Å². The zero-order chi connectivity index (χ0) is 14.5. The Morgan fingerprint density at radius 2 is 2.15 bits per heavy atom. The van der Waals surface area contributed by atoms with Gasteiger partial charge >= 0.3 is 5.98 Å². The zero-order valence-corrected chi connectivity index (χ0v) is 10.1. The first-order chi connectivity index (χ1) is 9.49. The van der Waals surface area contributed by atoms with Crippen LogP contribution in [0.2, 0.25) is 0 Å². The van der Waals surface area contributed by atoms with Crippen LogP contribution in [0.1, 0.15) is 0 Å². The maximum absolute atomic E-state index is 14.9. The van der Waals surface area contributed by atoms with E-state index in [4.69, 9.17) is 15.6 Å². The van der Waals surface area contributed by atoms with Gasteiger partial charge in [0.25, 0.3) is 0 Å². The summed E-state index contributed by atoms with van der Waals surface area (Å²) >= 11 is 0. The van der Waals surface area contributed by atoms with Crippen molar-refractivity contribution in [1.82, 2.24) is 19.5 Å². The van der Waals surface area contributed by atoms with E-state index in [2.05, 4.69) is 15.0 Å². The first-order valence-electron chi connectivity index (χ1n) is 5.76. The molecule has 9 nitrogen and oxygen atoms in total. The van der Waals surface area contributed by atoms with Crippen molar-refractivity contribution in [1.29, 1.82) is 0 Å². The minimum atomic E-state index is -2.80. The SMILES string of the molecule is Nc1ncnc2c1ncn2[C@]1(F)O[C@H](CO)[C@@H](O)[C@H]1O. The Morgan fingerprint density at radius 1 is 1.40 bits per heavy atom. The van der Waals surface area contributed by atoms with Crippen LogP contribution < -0.4 is 5.73 Å². The van der Waals surface area contributed by atoms with Crippen LogP contribution in [0.5, 0.6) is 0 Å². The molecule has 0 spiro atoms. The summed E-state index contributed by atoms with van der Waals surface area (Å²) in [5.74, 6) is -2.76. The number of imidazole rings is 1. The van der Waals surface area contributed by atoms with Crippen LogP contribution in [0.25, 0.3) is 11.2 Å². The minimum absolute atomic E-state index is 0.00448. The van der Waals surface area contributed by atoms with Crippen LogP contribution in [0.3, 0.4) is 0 Å². The Labute approximate surface area is 111 Å². The molecule has 10 heteroatoms. The van der Waals surface area contributed by atoms with Gasteiger partial charge in [-0.1, -0.05) is 0 Å². The summed E-state index contributed by atoms with van der Waals surface area (Å²) in [5.41, 5.74) is 5.73. The fraction of sp³-hybridized carbons (Fsp3) is 0.500. The molecule has 1 saturated heterocycles. The number of alkyl halides is 1. The highest BCUT2D eigenvalue weighted by atomic mass is 19.2. The summed E-state index contributed by atoms with van der Waals surface area (Å²) in [6, 6.07) is 0. The summed E-state index contributed by atoms with van der Waals surface area (Å²) in [6.45, 7) is -0.645. The highest BCUT2D eigenvalue weighted by Gasteiger charge is 2.57. The van der Waals surface area contributed by atoms with E-state index >= 15 is 0 Å². The highest BCUT2D eigenvalue weighted by molar-refractivity contribution is 5.81. The van der Waals surface area contributed by atoms with E-state index in [1.165, 1.54) is 0 Å². The van der Waals surface area contributed by atoms with E-state index in [0.717, 1.165) is 17.2 Å².